The van der Waals surface area contributed by atoms with E-state index < -0.39 is 11.9 Å². The van der Waals surface area contributed by atoms with Gasteiger partial charge in [0, 0.05) is 12.1 Å². The molecule has 0 saturated carbocycles. The number of carboxylic acids is 1. The van der Waals surface area contributed by atoms with Crippen molar-refractivity contribution in [2.24, 2.45) is 0 Å². The van der Waals surface area contributed by atoms with Crippen LogP contribution in [0.2, 0.25) is 0 Å². The Kier molecular flexibility index (Phi) is 4.27. The predicted molar refractivity (Wildman–Crippen MR) is 78.2 cm³/mol. The molecule has 0 aliphatic heterocycles. The largest absolute Gasteiger partial charge is 0.481 e. The molecule has 1 amide bonds. The van der Waals surface area contributed by atoms with Gasteiger partial charge in [0.2, 0.25) is 0 Å². The van der Waals surface area contributed by atoms with Gasteiger partial charge in [0.1, 0.15) is 0 Å². The number of benzene rings is 1. The summed E-state index contributed by atoms with van der Waals surface area (Å²) in [6, 6.07) is 8.49. The second kappa shape index (κ2) is 6.13. The van der Waals surface area contributed by atoms with Crippen molar-refractivity contribution in [3.8, 4) is 0 Å². The van der Waals surface area contributed by atoms with E-state index in [2.05, 4.69) is 0 Å². The van der Waals surface area contributed by atoms with Gasteiger partial charge in [-0.05, 0) is 25.1 Å². The molecule has 0 fully saturated rings. The quantitative estimate of drug-likeness (QED) is 0.823. The number of anilines is 2. The number of carboxylic acid groups (broad SMARTS) is 1. The van der Waals surface area contributed by atoms with Gasteiger partial charge in [0.05, 0.1) is 24.1 Å². The molecule has 0 aliphatic carbocycles. The highest BCUT2D eigenvalue weighted by Crippen LogP contribution is 2.25. The number of rotatable bonds is 5. The van der Waals surface area contributed by atoms with E-state index in [0.29, 0.717) is 16.9 Å². The van der Waals surface area contributed by atoms with Crippen molar-refractivity contribution < 1.29 is 19.1 Å². The first-order valence-corrected chi connectivity index (χ1v) is 6.43. The Morgan fingerprint density at radius 1 is 1.29 bits per heavy atom. The van der Waals surface area contributed by atoms with Gasteiger partial charge in [-0.1, -0.05) is 12.1 Å². The van der Waals surface area contributed by atoms with Gasteiger partial charge in [-0.2, -0.15) is 0 Å². The fourth-order valence-electron chi connectivity index (χ4n) is 1.99. The Labute approximate surface area is 121 Å². The van der Waals surface area contributed by atoms with Gasteiger partial charge in [-0.15, -0.1) is 0 Å². The Hall–Kier alpha value is -2.76. The first kappa shape index (κ1) is 14.6. The van der Waals surface area contributed by atoms with Crippen molar-refractivity contribution in [1.82, 2.24) is 0 Å². The van der Waals surface area contributed by atoms with E-state index in [4.69, 9.17) is 15.3 Å². The van der Waals surface area contributed by atoms with Crippen molar-refractivity contribution in [1.29, 1.82) is 0 Å². The molecule has 0 unspecified atom stereocenters. The normalized spacial score (nSPS) is 10.3. The lowest BCUT2D eigenvalue weighted by Gasteiger charge is -2.22. The zero-order valence-corrected chi connectivity index (χ0v) is 11.6. The summed E-state index contributed by atoms with van der Waals surface area (Å²) in [4.78, 5) is 24.7. The van der Waals surface area contributed by atoms with E-state index in [1.165, 1.54) is 11.2 Å². The molecular weight excluding hydrogens is 272 g/mol. The van der Waals surface area contributed by atoms with Crippen LogP contribution in [0.5, 0.6) is 0 Å². The number of carbonyl (C=O) groups excluding carboxylic acids is 1. The number of hydrogen-bond acceptors (Lipinski definition) is 4. The molecule has 0 saturated heterocycles. The number of amides is 1. The van der Waals surface area contributed by atoms with Crippen molar-refractivity contribution in [2.75, 3.05) is 17.2 Å². The molecule has 2 aromatic rings. The summed E-state index contributed by atoms with van der Waals surface area (Å²) in [5, 5.41) is 8.85. The van der Waals surface area contributed by atoms with Crippen LogP contribution in [-0.4, -0.2) is 23.5 Å². The first-order valence-electron chi connectivity index (χ1n) is 6.43. The Bertz CT molecular complexity index is 663. The van der Waals surface area contributed by atoms with E-state index in [0.717, 1.165) is 0 Å². The molecule has 0 radical (unpaired) electrons. The zero-order chi connectivity index (χ0) is 15.4. The molecule has 0 aliphatic rings. The summed E-state index contributed by atoms with van der Waals surface area (Å²) < 4.78 is 5.20. The van der Waals surface area contributed by atoms with E-state index in [1.54, 1.807) is 37.3 Å². The zero-order valence-electron chi connectivity index (χ0n) is 11.6. The average Bonchev–Trinajstić information content (AvgIpc) is 2.86. The van der Waals surface area contributed by atoms with Crippen LogP contribution in [0.25, 0.3) is 0 Å². The van der Waals surface area contributed by atoms with Crippen LogP contribution in [0.15, 0.2) is 41.0 Å². The molecular formula is C15H16N2O4. The molecule has 1 heterocycles. The second-order valence-corrected chi connectivity index (χ2v) is 4.59. The van der Waals surface area contributed by atoms with Gasteiger partial charge >= 0.3 is 5.97 Å². The molecule has 3 N–H and O–H groups in total. The number of hydrogen-bond donors (Lipinski definition) is 2. The van der Waals surface area contributed by atoms with Crippen molar-refractivity contribution >= 4 is 23.3 Å². The average molecular weight is 288 g/mol. The van der Waals surface area contributed by atoms with Gasteiger partial charge in [0.25, 0.3) is 5.91 Å². The van der Waals surface area contributed by atoms with E-state index in [1.807, 2.05) is 0 Å². The summed E-state index contributed by atoms with van der Waals surface area (Å²) in [7, 11) is 0. The molecule has 6 heteroatoms. The minimum absolute atomic E-state index is 0.0164. The third-order valence-corrected chi connectivity index (χ3v) is 3.08. The molecule has 0 spiro atoms. The third-order valence-electron chi connectivity index (χ3n) is 3.08. The lowest BCUT2D eigenvalue weighted by molar-refractivity contribution is -0.136. The second-order valence-electron chi connectivity index (χ2n) is 4.59. The molecule has 0 bridgehead atoms. The van der Waals surface area contributed by atoms with Crippen molar-refractivity contribution in [3.63, 3.8) is 0 Å². The van der Waals surface area contributed by atoms with Crippen LogP contribution in [0.4, 0.5) is 11.4 Å². The van der Waals surface area contributed by atoms with Gasteiger partial charge in [-0.3, -0.25) is 9.59 Å². The maximum Gasteiger partial charge on any atom is 0.305 e. The number of nitrogens with zero attached hydrogens (tertiary/aromatic N) is 1. The van der Waals surface area contributed by atoms with E-state index in [-0.39, 0.29) is 18.7 Å². The number of aryl methyl sites for hydroxylation is 1. The maximum atomic E-state index is 12.6. The Morgan fingerprint density at radius 2 is 2.00 bits per heavy atom. The topological polar surface area (TPSA) is 96.8 Å². The number of nitrogen functional groups attached to an aromatic ring is 1. The minimum Gasteiger partial charge on any atom is -0.481 e. The number of para-hydroxylation sites is 2. The van der Waals surface area contributed by atoms with Crippen LogP contribution in [0.1, 0.15) is 22.5 Å². The monoisotopic (exact) mass is 288 g/mol. The highest BCUT2D eigenvalue weighted by Gasteiger charge is 2.24. The molecule has 0 atom stereocenters. The van der Waals surface area contributed by atoms with Gasteiger partial charge in [-0.25, -0.2) is 0 Å². The van der Waals surface area contributed by atoms with Crippen molar-refractivity contribution in [3.05, 3.63) is 47.9 Å². The lowest BCUT2D eigenvalue weighted by Crippen LogP contribution is -2.33. The van der Waals surface area contributed by atoms with Crippen molar-refractivity contribution in [2.45, 2.75) is 13.3 Å². The van der Waals surface area contributed by atoms with Crippen LogP contribution in [0.3, 0.4) is 0 Å². The van der Waals surface area contributed by atoms with E-state index >= 15 is 0 Å². The lowest BCUT2D eigenvalue weighted by atomic mass is 10.2. The molecule has 110 valence electrons. The molecule has 6 nitrogen and oxygen atoms in total. The van der Waals surface area contributed by atoms with Crippen LogP contribution >= 0.6 is 0 Å². The highest BCUT2D eigenvalue weighted by molar-refractivity contribution is 6.06. The van der Waals surface area contributed by atoms with Crippen LogP contribution in [0, 0.1) is 6.92 Å². The molecule has 1 aromatic carbocycles. The minimum atomic E-state index is -0.988. The SMILES string of the molecule is Cc1ccoc1C(=O)N(CCC(=O)O)c1ccccc1N. The molecule has 2 rings (SSSR count). The molecule has 1 aromatic heterocycles. The Balaban J connectivity index is 2.37. The fraction of sp³-hybridized carbons (Fsp3) is 0.200. The van der Waals surface area contributed by atoms with Gasteiger partial charge < -0.3 is 20.2 Å². The number of furan rings is 1. The number of aliphatic carboxylic acids is 1. The van der Waals surface area contributed by atoms with Crippen LogP contribution < -0.4 is 10.6 Å². The molecule has 21 heavy (non-hydrogen) atoms. The summed E-state index contributed by atoms with van der Waals surface area (Å²) in [6.45, 7) is 1.77. The van der Waals surface area contributed by atoms with Gasteiger partial charge in [0.15, 0.2) is 5.76 Å². The summed E-state index contributed by atoms with van der Waals surface area (Å²) in [5.41, 5.74) is 7.45. The Morgan fingerprint density at radius 3 is 2.57 bits per heavy atom. The van der Waals surface area contributed by atoms with E-state index in [9.17, 15) is 9.59 Å². The highest BCUT2D eigenvalue weighted by atomic mass is 16.4. The number of nitrogens with two attached hydrogens (primary N) is 1. The van der Waals surface area contributed by atoms with Crippen LogP contribution in [-0.2, 0) is 4.79 Å². The third kappa shape index (κ3) is 3.22. The first-order chi connectivity index (χ1) is 10.0. The maximum absolute atomic E-state index is 12.6. The summed E-state index contributed by atoms with van der Waals surface area (Å²) in [5.74, 6) is -1.21. The standard InChI is InChI=1S/C15H16N2O4/c1-10-7-9-21-14(10)15(20)17(8-6-13(18)19)12-5-3-2-4-11(12)16/h2-5,7,9H,6,8,16H2,1H3,(H,18,19). The fourth-order valence-corrected chi connectivity index (χ4v) is 1.99. The predicted octanol–water partition coefficient (Wildman–Crippen LogP) is 2.29. The smallest absolute Gasteiger partial charge is 0.305 e. The number of carbonyl (C=O) groups is 2. The summed E-state index contributed by atoms with van der Waals surface area (Å²) >= 11 is 0. The summed E-state index contributed by atoms with van der Waals surface area (Å²) in [6.07, 6.45) is 1.24.